The number of anilines is 1. The van der Waals surface area contributed by atoms with E-state index in [0.717, 1.165) is 17.0 Å². The van der Waals surface area contributed by atoms with Gasteiger partial charge >= 0.3 is 0 Å². The van der Waals surface area contributed by atoms with E-state index < -0.39 is 0 Å². The van der Waals surface area contributed by atoms with Crippen LogP contribution in [-0.2, 0) is 4.79 Å². The zero-order valence-corrected chi connectivity index (χ0v) is 16.8. The van der Waals surface area contributed by atoms with Gasteiger partial charge in [-0.25, -0.2) is 4.98 Å². The smallest absolute Gasteiger partial charge is 0.277 e. The van der Waals surface area contributed by atoms with Crippen molar-refractivity contribution >= 4 is 35.0 Å². The zero-order chi connectivity index (χ0) is 20.2. The quantitative estimate of drug-likeness (QED) is 0.444. The van der Waals surface area contributed by atoms with Gasteiger partial charge in [-0.1, -0.05) is 23.4 Å². The molecule has 0 aliphatic rings. The summed E-state index contributed by atoms with van der Waals surface area (Å²) in [7, 11) is 0. The number of hydrogen-bond acceptors (Lipinski definition) is 7. The molecule has 146 valence electrons. The van der Waals surface area contributed by atoms with Gasteiger partial charge in [0.15, 0.2) is 5.82 Å². The molecule has 0 fully saturated rings. The molecule has 0 aliphatic heterocycles. The summed E-state index contributed by atoms with van der Waals surface area (Å²) in [6.07, 6.45) is 0. The molecule has 0 unspecified atom stereocenters. The Hall–Kier alpha value is -3.17. The molecule has 0 atom stereocenters. The first-order chi connectivity index (χ1) is 14.1. The second-order valence-corrected chi connectivity index (χ2v) is 7.40. The number of H-pyrrole nitrogens is 1. The number of hydrogen-bond donors (Lipinski definition) is 2. The first-order valence-corrected chi connectivity index (χ1v) is 9.95. The van der Waals surface area contributed by atoms with Gasteiger partial charge in [0.2, 0.25) is 11.8 Å². The van der Waals surface area contributed by atoms with Crippen LogP contribution in [0.25, 0.3) is 22.8 Å². The lowest BCUT2D eigenvalue weighted by atomic mass is 10.2. The summed E-state index contributed by atoms with van der Waals surface area (Å²) in [5.41, 5.74) is 2.31. The Labute approximate surface area is 175 Å². The minimum absolute atomic E-state index is 0.143. The average molecular weight is 427 g/mol. The number of aromatic nitrogens is 5. The monoisotopic (exact) mass is 426 g/mol. The highest BCUT2D eigenvalue weighted by molar-refractivity contribution is 7.99. The molecule has 2 N–H and O–H groups in total. The summed E-state index contributed by atoms with van der Waals surface area (Å²) in [4.78, 5) is 16.5. The van der Waals surface area contributed by atoms with Crippen molar-refractivity contribution in [1.29, 1.82) is 0 Å². The maximum Gasteiger partial charge on any atom is 0.277 e. The van der Waals surface area contributed by atoms with Crippen molar-refractivity contribution in [3.8, 4) is 22.8 Å². The predicted octanol–water partition coefficient (Wildman–Crippen LogP) is 4.21. The van der Waals surface area contributed by atoms with Crippen LogP contribution in [0.15, 0.2) is 58.2 Å². The van der Waals surface area contributed by atoms with Crippen LogP contribution in [0.4, 0.5) is 5.69 Å². The number of carbonyl (C=O) groups excluding carboxylic acids is 1. The Morgan fingerprint density at radius 3 is 2.52 bits per heavy atom. The van der Waals surface area contributed by atoms with Crippen molar-refractivity contribution in [2.24, 2.45) is 0 Å². The number of amides is 1. The summed E-state index contributed by atoms with van der Waals surface area (Å²) < 4.78 is 5.58. The number of aromatic amines is 1. The molecule has 10 heteroatoms. The van der Waals surface area contributed by atoms with Crippen molar-refractivity contribution in [2.45, 2.75) is 12.1 Å². The molecule has 0 radical (unpaired) electrons. The standard InChI is InChI=1S/C19H15ClN6O2S/c1-11-21-17(24-23-11)12-4-8-15(9-5-12)22-16(27)10-29-19-26-25-18(28-19)13-2-6-14(20)7-3-13/h2-9H,10H2,1H3,(H,22,27)(H,21,23,24). The molecule has 4 rings (SSSR count). The fraction of sp³-hybridized carbons (Fsp3) is 0.105. The highest BCUT2D eigenvalue weighted by atomic mass is 35.5. The van der Waals surface area contributed by atoms with E-state index in [4.69, 9.17) is 16.0 Å². The van der Waals surface area contributed by atoms with Crippen LogP contribution < -0.4 is 5.32 Å². The third-order valence-corrected chi connectivity index (χ3v) is 4.92. The topological polar surface area (TPSA) is 110 Å². The molecular formula is C19H15ClN6O2S. The predicted molar refractivity (Wildman–Crippen MR) is 111 cm³/mol. The van der Waals surface area contributed by atoms with Gasteiger partial charge in [0.05, 0.1) is 5.75 Å². The van der Waals surface area contributed by atoms with Gasteiger partial charge in [0, 0.05) is 21.8 Å². The Bertz CT molecular complexity index is 1120. The van der Waals surface area contributed by atoms with E-state index in [9.17, 15) is 4.79 Å². The van der Waals surface area contributed by atoms with E-state index in [0.29, 0.717) is 27.6 Å². The van der Waals surface area contributed by atoms with Gasteiger partial charge in [0.25, 0.3) is 5.22 Å². The molecule has 0 saturated heterocycles. The molecule has 0 spiro atoms. The first kappa shape index (κ1) is 19.2. The SMILES string of the molecule is Cc1nc(-c2ccc(NC(=O)CSc3nnc(-c4ccc(Cl)cc4)o3)cc2)n[nH]1. The lowest BCUT2D eigenvalue weighted by Gasteiger charge is -2.04. The van der Waals surface area contributed by atoms with Crippen LogP contribution in [0.2, 0.25) is 5.02 Å². The van der Waals surface area contributed by atoms with Crippen LogP contribution in [0.1, 0.15) is 5.82 Å². The largest absolute Gasteiger partial charge is 0.411 e. The number of rotatable bonds is 6. The summed E-state index contributed by atoms with van der Waals surface area (Å²) in [6.45, 7) is 1.84. The maximum atomic E-state index is 12.2. The number of nitrogens with one attached hydrogen (secondary N) is 2. The molecule has 4 aromatic rings. The van der Waals surface area contributed by atoms with Crippen LogP contribution in [-0.4, -0.2) is 37.0 Å². The first-order valence-electron chi connectivity index (χ1n) is 8.58. The van der Waals surface area contributed by atoms with Gasteiger partial charge in [-0.05, 0) is 55.5 Å². The van der Waals surface area contributed by atoms with Gasteiger partial charge in [-0.2, -0.15) is 5.10 Å². The third-order valence-electron chi connectivity index (χ3n) is 3.85. The lowest BCUT2D eigenvalue weighted by molar-refractivity contribution is -0.113. The molecule has 2 aromatic heterocycles. The molecule has 29 heavy (non-hydrogen) atoms. The van der Waals surface area contributed by atoms with Crippen LogP contribution in [0, 0.1) is 6.92 Å². The van der Waals surface area contributed by atoms with E-state index >= 15 is 0 Å². The maximum absolute atomic E-state index is 12.2. The minimum atomic E-state index is -0.178. The van der Waals surface area contributed by atoms with Crippen LogP contribution >= 0.6 is 23.4 Å². The van der Waals surface area contributed by atoms with Crippen LogP contribution in [0.3, 0.4) is 0 Å². The van der Waals surface area contributed by atoms with Gasteiger partial charge in [-0.3, -0.25) is 9.89 Å². The number of carbonyl (C=O) groups is 1. The highest BCUT2D eigenvalue weighted by Crippen LogP contribution is 2.24. The summed E-state index contributed by atoms with van der Waals surface area (Å²) in [6, 6.07) is 14.4. The number of aryl methyl sites for hydroxylation is 1. The average Bonchev–Trinajstić information content (AvgIpc) is 3.37. The van der Waals surface area contributed by atoms with E-state index in [-0.39, 0.29) is 11.7 Å². The molecule has 0 saturated carbocycles. The van der Waals surface area contributed by atoms with E-state index in [2.05, 4.69) is 30.7 Å². The van der Waals surface area contributed by atoms with Crippen LogP contribution in [0.5, 0.6) is 0 Å². The van der Waals surface area contributed by atoms with Crippen molar-refractivity contribution < 1.29 is 9.21 Å². The normalized spacial score (nSPS) is 10.8. The number of nitrogens with zero attached hydrogens (tertiary/aromatic N) is 4. The van der Waals surface area contributed by atoms with Crippen molar-refractivity contribution in [1.82, 2.24) is 25.4 Å². The van der Waals surface area contributed by atoms with Crippen molar-refractivity contribution in [3.63, 3.8) is 0 Å². The Morgan fingerprint density at radius 1 is 1.10 bits per heavy atom. The number of halogens is 1. The summed E-state index contributed by atoms with van der Waals surface area (Å²) in [5.74, 6) is 1.70. The second-order valence-electron chi connectivity index (χ2n) is 6.04. The fourth-order valence-electron chi connectivity index (χ4n) is 2.48. The fourth-order valence-corrected chi connectivity index (χ4v) is 3.17. The van der Waals surface area contributed by atoms with Gasteiger partial charge < -0.3 is 9.73 Å². The molecule has 0 aliphatic carbocycles. The van der Waals surface area contributed by atoms with Crippen molar-refractivity contribution in [3.05, 3.63) is 59.4 Å². The lowest BCUT2D eigenvalue weighted by Crippen LogP contribution is -2.13. The van der Waals surface area contributed by atoms with E-state index in [1.165, 1.54) is 11.8 Å². The zero-order valence-electron chi connectivity index (χ0n) is 15.2. The van der Waals surface area contributed by atoms with E-state index in [1.54, 1.807) is 36.4 Å². The third kappa shape index (κ3) is 4.82. The van der Waals surface area contributed by atoms with E-state index in [1.807, 2.05) is 19.1 Å². The van der Waals surface area contributed by atoms with Gasteiger partial charge in [-0.15, -0.1) is 10.2 Å². The molecule has 2 aromatic carbocycles. The van der Waals surface area contributed by atoms with Gasteiger partial charge in [0.1, 0.15) is 5.82 Å². The highest BCUT2D eigenvalue weighted by Gasteiger charge is 2.12. The molecule has 8 nitrogen and oxygen atoms in total. The minimum Gasteiger partial charge on any atom is -0.411 e. The summed E-state index contributed by atoms with van der Waals surface area (Å²) in [5, 5.41) is 18.6. The Balaban J connectivity index is 1.31. The Morgan fingerprint density at radius 2 is 1.83 bits per heavy atom. The van der Waals surface area contributed by atoms with Crippen molar-refractivity contribution in [2.75, 3.05) is 11.1 Å². The molecule has 0 bridgehead atoms. The molecular weight excluding hydrogens is 412 g/mol. The second kappa shape index (κ2) is 8.46. The molecule has 2 heterocycles. The molecule has 1 amide bonds. The summed E-state index contributed by atoms with van der Waals surface area (Å²) >= 11 is 7.04. The number of benzene rings is 2. The number of thioether (sulfide) groups is 1. The Kier molecular flexibility index (Phi) is 5.59.